The van der Waals surface area contributed by atoms with E-state index in [9.17, 15) is 18.0 Å². The molecule has 0 saturated heterocycles. The molecule has 2 aromatic carbocycles. The Morgan fingerprint density at radius 1 is 1.28 bits per heavy atom. The first-order valence-electron chi connectivity index (χ1n) is 9.03. The summed E-state index contributed by atoms with van der Waals surface area (Å²) in [4.78, 5) is 25.1. The third kappa shape index (κ3) is 5.61. The molecule has 2 N–H and O–H groups in total. The van der Waals surface area contributed by atoms with Crippen LogP contribution < -0.4 is 10.6 Å². The van der Waals surface area contributed by atoms with E-state index in [1.165, 1.54) is 23.9 Å². The Hall–Kier alpha value is -1.84. The summed E-state index contributed by atoms with van der Waals surface area (Å²) < 4.78 is 26.3. The number of sulfone groups is 1. The van der Waals surface area contributed by atoms with E-state index >= 15 is 0 Å². The zero-order chi connectivity index (χ0) is 21.2. The normalized spacial score (nSPS) is 16.5. The summed E-state index contributed by atoms with van der Waals surface area (Å²) in [7, 11) is -3.67. The number of hydrogen-bond acceptors (Lipinski definition) is 5. The summed E-state index contributed by atoms with van der Waals surface area (Å²) in [5, 5.41) is 5.60. The predicted octanol–water partition coefficient (Wildman–Crippen LogP) is 4.38. The number of halogens is 1. The van der Waals surface area contributed by atoms with Gasteiger partial charge in [0.15, 0.2) is 9.84 Å². The van der Waals surface area contributed by atoms with Gasteiger partial charge in [-0.15, -0.1) is 11.8 Å². The van der Waals surface area contributed by atoms with E-state index in [0.29, 0.717) is 17.8 Å². The molecule has 0 aliphatic carbocycles. The number of rotatable bonds is 5. The standard InChI is InChI=1S/C20H21BrN2O4S2/c1-12-9-14(3-5-16(12)21)22-19(24)7-8-29(26,27)15-4-6-18-17(11-15)23-20(25)10-13(2)28-18/h3-6,9,11,13H,7-8,10H2,1-2H3,(H,22,24)(H,23,25). The fourth-order valence-corrected chi connectivity index (χ4v) is 5.48. The van der Waals surface area contributed by atoms with Crippen LogP contribution in [0.3, 0.4) is 0 Å². The van der Waals surface area contributed by atoms with E-state index in [1.807, 2.05) is 26.0 Å². The Bertz CT molecular complexity index is 1070. The maximum Gasteiger partial charge on any atom is 0.225 e. The Morgan fingerprint density at radius 3 is 2.76 bits per heavy atom. The molecule has 1 aliphatic rings. The van der Waals surface area contributed by atoms with Gasteiger partial charge in [0.05, 0.1) is 16.3 Å². The zero-order valence-corrected chi connectivity index (χ0v) is 19.2. The highest BCUT2D eigenvalue weighted by Crippen LogP contribution is 2.36. The molecule has 6 nitrogen and oxygen atoms in total. The van der Waals surface area contributed by atoms with Crippen molar-refractivity contribution in [1.82, 2.24) is 0 Å². The number of nitrogens with one attached hydrogen (secondary N) is 2. The van der Waals surface area contributed by atoms with Crippen LogP contribution in [-0.2, 0) is 19.4 Å². The molecular formula is C20H21BrN2O4S2. The van der Waals surface area contributed by atoms with Gasteiger partial charge >= 0.3 is 0 Å². The monoisotopic (exact) mass is 496 g/mol. The average Bonchev–Trinajstić information content (AvgIpc) is 2.78. The number of aryl methyl sites for hydroxylation is 1. The van der Waals surface area contributed by atoms with Crippen LogP contribution in [0, 0.1) is 6.92 Å². The van der Waals surface area contributed by atoms with Crippen molar-refractivity contribution in [2.45, 2.75) is 41.7 Å². The van der Waals surface area contributed by atoms with Crippen LogP contribution in [0.4, 0.5) is 11.4 Å². The van der Waals surface area contributed by atoms with Gasteiger partial charge in [0.25, 0.3) is 0 Å². The largest absolute Gasteiger partial charge is 0.326 e. The molecule has 9 heteroatoms. The summed E-state index contributed by atoms with van der Waals surface area (Å²) >= 11 is 4.93. The van der Waals surface area contributed by atoms with E-state index in [4.69, 9.17) is 0 Å². The van der Waals surface area contributed by atoms with Crippen molar-refractivity contribution < 1.29 is 18.0 Å². The number of carbonyl (C=O) groups excluding carboxylic acids is 2. The molecule has 2 amide bonds. The lowest BCUT2D eigenvalue weighted by molar-refractivity contribution is -0.116. The fraction of sp³-hybridized carbons (Fsp3) is 0.300. The fourth-order valence-electron chi connectivity index (χ4n) is 2.91. The average molecular weight is 497 g/mol. The number of benzene rings is 2. The first kappa shape index (κ1) is 21.9. The van der Waals surface area contributed by atoms with Gasteiger partial charge in [-0.25, -0.2) is 8.42 Å². The highest BCUT2D eigenvalue weighted by atomic mass is 79.9. The minimum Gasteiger partial charge on any atom is -0.326 e. The molecule has 2 aromatic rings. The Kier molecular flexibility index (Phi) is 6.70. The number of anilines is 2. The number of hydrogen-bond donors (Lipinski definition) is 2. The molecule has 0 bridgehead atoms. The smallest absolute Gasteiger partial charge is 0.225 e. The molecule has 3 rings (SSSR count). The van der Waals surface area contributed by atoms with Crippen LogP contribution in [0.15, 0.2) is 50.7 Å². The summed E-state index contributed by atoms with van der Waals surface area (Å²) in [5.41, 5.74) is 2.09. The lowest BCUT2D eigenvalue weighted by atomic mass is 10.2. The van der Waals surface area contributed by atoms with Crippen LogP contribution in [0.25, 0.3) is 0 Å². The van der Waals surface area contributed by atoms with Gasteiger partial charge in [0.2, 0.25) is 11.8 Å². The molecule has 154 valence electrons. The number of fused-ring (bicyclic) bond motifs is 1. The SMILES string of the molecule is Cc1cc(NC(=O)CCS(=O)(=O)c2ccc3c(c2)NC(=O)CC(C)S3)ccc1Br. The molecular weight excluding hydrogens is 476 g/mol. The van der Waals surface area contributed by atoms with Crippen LogP contribution in [0.5, 0.6) is 0 Å². The highest BCUT2D eigenvalue weighted by Gasteiger charge is 2.23. The first-order valence-corrected chi connectivity index (χ1v) is 12.4. The number of amides is 2. The van der Waals surface area contributed by atoms with Crippen molar-refractivity contribution >= 4 is 60.7 Å². The second-order valence-corrected chi connectivity index (χ2v) is 11.4. The number of carbonyl (C=O) groups is 2. The number of thioether (sulfide) groups is 1. The minimum atomic E-state index is -3.67. The van der Waals surface area contributed by atoms with Crippen molar-refractivity contribution in [2.75, 3.05) is 16.4 Å². The molecule has 29 heavy (non-hydrogen) atoms. The van der Waals surface area contributed by atoms with Crippen molar-refractivity contribution in [1.29, 1.82) is 0 Å². The van der Waals surface area contributed by atoms with Crippen molar-refractivity contribution in [3.63, 3.8) is 0 Å². The maximum absolute atomic E-state index is 12.7. The Labute approximate surface area is 182 Å². The third-order valence-corrected chi connectivity index (χ3v) is 8.21. The van der Waals surface area contributed by atoms with Gasteiger partial charge in [-0.05, 0) is 48.9 Å². The van der Waals surface area contributed by atoms with Gasteiger partial charge in [0, 0.05) is 33.1 Å². The van der Waals surface area contributed by atoms with Crippen molar-refractivity contribution in [2.24, 2.45) is 0 Å². The minimum absolute atomic E-state index is 0.0963. The second kappa shape index (κ2) is 8.89. The first-order chi connectivity index (χ1) is 13.6. The van der Waals surface area contributed by atoms with Gasteiger partial charge in [-0.1, -0.05) is 22.9 Å². The third-order valence-electron chi connectivity index (χ3n) is 4.42. The molecule has 0 saturated carbocycles. The van der Waals surface area contributed by atoms with Crippen LogP contribution in [-0.4, -0.2) is 31.2 Å². The van der Waals surface area contributed by atoms with Gasteiger partial charge < -0.3 is 10.6 Å². The lowest BCUT2D eigenvalue weighted by Crippen LogP contribution is -2.18. The highest BCUT2D eigenvalue weighted by molar-refractivity contribution is 9.10. The second-order valence-electron chi connectivity index (χ2n) is 6.92. The molecule has 0 radical (unpaired) electrons. The van der Waals surface area contributed by atoms with Gasteiger partial charge in [-0.2, -0.15) is 0 Å². The van der Waals surface area contributed by atoms with Crippen LogP contribution >= 0.6 is 27.7 Å². The molecule has 1 aliphatic heterocycles. The van der Waals surface area contributed by atoms with Crippen molar-refractivity contribution in [3.05, 3.63) is 46.4 Å². The van der Waals surface area contributed by atoms with E-state index in [1.54, 1.807) is 12.1 Å². The van der Waals surface area contributed by atoms with E-state index in [-0.39, 0.29) is 34.1 Å². The van der Waals surface area contributed by atoms with Crippen LogP contribution in [0.2, 0.25) is 0 Å². The Balaban J connectivity index is 1.68. The summed E-state index contributed by atoms with van der Waals surface area (Å²) in [5.74, 6) is -0.824. The van der Waals surface area contributed by atoms with Crippen molar-refractivity contribution in [3.8, 4) is 0 Å². The molecule has 1 atom stereocenters. The zero-order valence-electron chi connectivity index (χ0n) is 16.0. The van der Waals surface area contributed by atoms with E-state index in [0.717, 1.165) is 14.9 Å². The summed E-state index contributed by atoms with van der Waals surface area (Å²) in [6.45, 7) is 3.86. The van der Waals surface area contributed by atoms with Crippen LogP contribution in [0.1, 0.15) is 25.3 Å². The van der Waals surface area contributed by atoms with E-state index < -0.39 is 9.84 Å². The van der Waals surface area contributed by atoms with Gasteiger partial charge in [0.1, 0.15) is 0 Å². The van der Waals surface area contributed by atoms with Gasteiger partial charge in [-0.3, -0.25) is 9.59 Å². The molecule has 0 spiro atoms. The lowest BCUT2D eigenvalue weighted by Gasteiger charge is -2.11. The quantitative estimate of drug-likeness (QED) is 0.640. The molecule has 1 heterocycles. The predicted molar refractivity (Wildman–Crippen MR) is 119 cm³/mol. The van der Waals surface area contributed by atoms with E-state index in [2.05, 4.69) is 26.6 Å². The molecule has 0 fully saturated rings. The Morgan fingerprint density at radius 2 is 2.03 bits per heavy atom. The summed E-state index contributed by atoms with van der Waals surface area (Å²) in [6.07, 6.45) is 0.212. The molecule has 1 unspecified atom stereocenters. The topological polar surface area (TPSA) is 92.3 Å². The maximum atomic E-state index is 12.7. The summed E-state index contributed by atoms with van der Waals surface area (Å²) in [6, 6.07) is 10.1. The molecule has 0 aromatic heterocycles.